The van der Waals surface area contributed by atoms with Gasteiger partial charge in [0.15, 0.2) is 11.6 Å². The molecular formula is C12H14O2. The Hall–Kier alpha value is -0.920. The third-order valence-corrected chi connectivity index (χ3v) is 4.42. The summed E-state index contributed by atoms with van der Waals surface area (Å²) in [4.78, 5) is 23.7. The Kier molecular flexibility index (Phi) is 1.53. The largest absolute Gasteiger partial charge is 0.294 e. The van der Waals surface area contributed by atoms with Crippen molar-refractivity contribution in [3.63, 3.8) is 0 Å². The third kappa shape index (κ3) is 0.819. The predicted molar refractivity (Wildman–Crippen MR) is 51.7 cm³/mol. The normalized spacial score (nSPS) is 38.6. The van der Waals surface area contributed by atoms with Crippen molar-refractivity contribution in [1.82, 2.24) is 0 Å². The summed E-state index contributed by atoms with van der Waals surface area (Å²) in [6.45, 7) is 0. The van der Waals surface area contributed by atoms with Crippen molar-refractivity contribution in [3.8, 4) is 0 Å². The van der Waals surface area contributed by atoms with Crippen LogP contribution in [-0.2, 0) is 9.59 Å². The summed E-state index contributed by atoms with van der Waals surface area (Å²) in [5, 5.41) is 0. The first kappa shape index (κ1) is 8.39. The Bertz CT molecular complexity index is 314. The highest BCUT2D eigenvalue weighted by atomic mass is 16.2. The van der Waals surface area contributed by atoms with Crippen molar-refractivity contribution in [2.75, 3.05) is 0 Å². The molecule has 4 aliphatic carbocycles. The predicted octanol–water partition coefficient (Wildman–Crippen LogP) is 1.89. The van der Waals surface area contributed by atoms with Gasteiger partial charge in [-0.2, -0.15) is 0 Å². The van der Waals surface area contributed by atoms with Gasteiger partial charge >= 0.3 is 0 Å². The van der Waals surface area contributed by atoms with Crippen LogP contribution in [0.4, 0.5) is 0 Å². The lowest BCUT2D eigenvalue weighted by atomic mass is 9.54. The second-order valence-electron chi connectivity index (χ2n) is 4.95. The standard InChI is InChI=1S/C12H14O2/c13-10-5-6-11(14)12(10)7-8-1-3-9(12)4-2-8/h5-6,8-9H,1-4,7H2. The first-order chi connectivity index (χ1) is 6.73. The van der Waals surface area contributed by atoms with Crippen molar-refractivity contribution in [2.24, 2.45) is 17.3 Å². The van der Waals surface area contributed by atoms with E-state index in [1.807, 2.05) is 0 Å². The number of carbonyl (C=O) groups excluding carboxylic acids is 2. The van der Waals surface area contributed by atoms with Crippen LogP contribution in [0.3, 0.4) is 0 Å². The molecule has 2 bridgehead atoms. The van der Waals surface area contributed by atoms with Gasteiger partial charge in [-0.15, -0.1) is 0 Å². The fourth-order valence-corrected chi connectivity index (χ4v) is 3.66. The molecule has 2 heteroatoms. The Morgan fingerprint density at radius 1 is 1.00 bits per heavy atom. The van der Waals surface area contributed by atoms with Gasteiger partial charge in [-0.25, -0.2) is 0 Å². The molecular weight excluding hydrogens is 176 g/mol. The summed E-state index contributed by atoms with van der Waals surface area (Å²) in [6.07, 6.45) is 8.47. The smallest absolute Gasteiger partial charge is 0.169 e. The van der Waals surface area contributed by atoms with Gasteiger partial charge in [0.1, 0.15) is 0 Å². The Labute approximate surface area is 83.4 Å². The molecule has 3 saturated carbocycles. The first-order valence-corrected chi connectivity index (χ1v) is 5.50. The highest BCUT2D eigenvalue weighted by Crippen LogP contribution is 2.55. The second kappa shape index (κ2) is 2.56. The molecule has 0 saturated heterocycles. The van der Waals surface area contributed by atoms with Gasteiger partial charge in [0.2, 0.25) is 0 Å². The van der Waals surface area contributed by atoms with Crippen LogP contribution in [0.2, 0.25) is 0 Å². The number of carbonyl (C=O) groups is 2. The number of hydrogen-bond acceptors (Lipinski definition) is 2. The van der Waals surface area contributed by atoms with E-state index in [9.17, 15) is 9.59 Å². The van der Waals surface area contributed by atoms with E-state index in [2.05, 4.69) is 0 Å². The molecule has 0 aromatic carbocycles. The van der Waals surface area contributed by atoms with E-state index in [1.165, 1.54) is 25.0 Å². The molecule has 2 nitrogen and oxygen atoms in total. The minimum absolute atomic E-state index is 0.0944. The molecule has 0 aromatic heterocycles. The Balaban J connectivity index is 2.04. The first-order valence-electron chi connectivity index (χ1n) is 5.50. The number of fused-ring (bicyclic) bond motifs is 2. The molecule has 3 fully saturated rings. The summed E-state index contributed by atoms with van der Waals surface area (Å²) in [5.41, 5.74) is -0.582. The van der Waals surface area contributed by atoms with Crippen LogP contribution in [0.1, 0.15) is 32.1 Å². The zero-order valence-corrected chi connectivity index (χ0v) is 8.16. The molecule has 0 aromatic rings. The van der Waals surface area contributed by atoms with Gasteiger partial charge in [-0.1, -0.05) is 12.8 Å². The van der Waals surface area contributed by atoms with Crippen molar-refractivity contribution < 1.29 is 9.59 Å². The second-order valence-corrected chi connectivity index (χ2v) is 4.95. The van der Waals surface area contributed by atoms with E-state index >= 15 is 0 Å². The van der Waals surface area contributed by atoms with Crippen LogP contribution in [0.25, 0.3) is 0 Å². The maximum absolute atomic E-state index is 11.8. The summed E-state index contributed by atoms with van der Waals surface area (Å²) >= 11 is 0. The number of ketones is 2. The van der Waals surface area contributed by atoms with E-state index in [4.69, 9.17) is 0 Å². The Morgan fingerprint density at radius 3 is 2.00 bits per heavy atom. The van der Waals surface area contributed by atoms with Crippen LogP contribution in [0, 0.1) is 17.3 Å². The van der Waals surface area contributed by atoms with Gasteiger partial charge < -0.3 is 0 Å². The average molecular weight is 190 g/mol. The van der Waals surface area contributed by atoms with Crippen LogP contribution < -0.4 is 0 Å². The lowest BCUT2D eigenvalue weighted by Crippen LogP contribution is -2.49. The van der Waals surface area contributed by atoms with Gasteiger partial charge in [0, 0.05) is 0 Å². The van der Waals surface area contributed by atoms with Gasteiger partial charge in [-0.05, 0) is 43.3 Å². The molecule has 74 valence electrons. The molecule has 4 rings (SSSR count). The number of allylic oxidation sites excluding steroid dienone is 2. The lowest BCUT2D eigenvalue weighted by Gasteiger charge is -2.47. The number of rotatable bonds is 0. The topological polar surface area (TPSA) is 34.1 Å². The van der Waals surface area contributed by atoms with Gasteiger partial charge in [0.25, 0.3) is 0 Å². The zero-order chi connectivity index (χ0) is 9.76. The zero-order valence-electron chi connectivity index (χ0n) is 8.16. The molecule has 0 N–H and O–H groups in total. The summed E-state index contributed by atoms with van der Waals surface area (Å²) in [7, 11) is 0. The molecule has 14 heavy (non-hydrogen) atoms. The van der Waals surface area contributed by atoms with Gasteiger partial charge in [-0.3, -0.25) is 9.59 Å². The lowest BCUT2D eigenvalue weighted by molar-refractivity contribution is -0.144. The fourth-order valence-electron chi connectivity index (χ4n) is 3.66. The van der Waals surface area contributed by atoms with Crippen LogP contribution >= 0.6 is 0 Å². The third-order valence-electron chi connectivity index (χ3n) is 4.42. The Morgan fingerprint density at radius 2 is 1.57 bits per heavy atom. The highest BCUT2D eigenvalue weighted by Gasteiger charge is 2.56. The summed E-state index contributed by atoms with van der Waals surface area (Å²) < 4.78 is 0. The maximum Gasteiger partial charge on any atom is 0.169 e. The monoisotopic (exact) mass is 190 g/mol. The SMILES string of the molecule is O=C1C=CC(=O)C12CC1CCC2CC1. The molecule has 1 spiro atoms. The van der Waals surface area contributed by atoms with Crippen LogP contribution in [0.15, 0.2) is 12.2 Å². The van der Waals surface area contributed by atoms with Crippen LogP contribution in [-0.4, -0.2) is 11.6 Å². The minimum Gasteiger partial charge on any atom is -0.294 e. The molecule has 0 aliphatic heterocycles. The van der Waals surface area contributed by atoms with Crippen LogP contribution in [0.5, 0.6) is 0 Å². The van der Waals surface area contributed by atoms with Gasteiger partial charge in [0.05, 0.1) is 5.41 Å². The van der Waals surface area contributed by atoms with E-state index in [0.717, 1.165) is 19.3 Å². The molecule has 0 atom stereocenters. The van der Waals surface area contributed by atoms with E-state index in [0.29, 0.717) is 11.8 Å². The molecule has 0 heterocycles. The van der Waals surface area contributed by atoms with Crippen molar-refractivity contribution >= 4 is 11.6 Å². The maximum atomic E-state index is 11.8. The quantitative estimate of drug-likeness (QED) is 0.547. The van der Waals surface area contributed by atoms with E-state index in [-0.39, 0.29) is 11.6 Å². The van der Waals surface area contributed by atoms with E-state index in [1.54, 1.807) is 0 Å². The van der Waals surface area contributed by atoms with Crippen molar-refractivity contribution in [2.45, 2.75) is 32.1 Å². The minimum atomic E-state index is -0.582. The average Bonchev–Trinajstić information content (AvgIpc) is 2.49. The molecule has 0 amide bonds. The van der Waals surface area contributed by atoms with Crippen molar-refractivity contribution in [1.29, 1.82) is 0 Å². The molecule has 0 unspecified atom stereocenters. The summed E-state index contributed by atoms with van der Waals surface area (Å²) in [5.74, 6) is 1.17. The number of hydrogen-bond donors (Lipinski definition) is 0. The highest BCUT2D eigenvalue weighted by molar-refractivity contribution is 6.22. The molecule has 4 aliphatic rings. The summed E-state index contributed by atoms with van der Waals surface area (Å²) in [6, 6.07) is 0. The van der Waals surface area contributed by atoms with E-state index < -0.39 is 5.41 Å². The molecule has 0 radical (unpaired) electrons. The fraction of sp³-hybridized carbons (Fsp3) is 0.667. The van der Waals surface area contributed by atoms with Crippen molar-refractivity contribution in [3.05, 3.63) is 12.2 Å².